The van der Waals surface area contributed by atoms with Crippen LogP contribution in [-0.4, -0.2) is 6.04 Å². The van der Waals surface area contributed by atoms with Crippen molar-refractivity contribution in [1.29, 1.82) is 0 Å². The minimum absolute atomic E-state index is 0.403. The molecule has 0 aliphatic rings. The highest BCUT2D eigenvalue weighted by Crippen LogP contribution is 2.04. The fourth-order valence-corrected chi connectivity index (χ4v) is 1.63. The van der Waals surface area contributed by atoms with Crippen LogP contribution in [0.1, 0.15) is 24.8 Å². The van der Waals surface area contributed by atoms with E-state index in [0.29, 0.717) is 6.04 Å². The number of nitrogens with one attached hydrogen (secondary N) is 1. The Balaban J connectivity index is 2.28. The Morgan fingerprint density at radius 2 is 1.94 bits per heavy atom. The molecule has 0 spiro atoms. The third-order valence-electron chi connectivity index (χ3n) is 2.62. The molecule has 1 nitrogen and oxygen atoms in total. The number of unbranched alkanes of at least 4 members (excludes halogenated alkanes) is 1. The first-order valence-electron chi connectivity index (χ1n) is 5.87. The van der Waals surface area contributed by atoms with Crippen molar-refractivity contribution in [3.8, 4) is 0 Å². The molecule has 1 atom stereocenters. The quantitative estimate of drug-likeness (QED) is 0.515. The van der Waals surface area contributed by atoms with Crippen LogP contribution < -0.4 is 5.32 Å². The topological polar surface area (TPSA) is 12.0 Å². The third kappa shape index (κ3) is 4.94. The van der Waals surface area contributed by atoms with E-state index in [-0.39, 0.29) is 0 Å². The molecular formula is C15H21N. The Kier molecular flexibility index (Phi) is 6.28. The summed E-state index contributed by atoms with van der Waals surface area (Å²) in [6.07, 6.45) is 7.34. The highest BCUT2D eigenvalue weighted by molar-refractivity contribution is 5.14. The fourth-order valence-electron chi connectivity index (χ4n) is 1.63. The van der Waals surface area contributed by atoms with E-state index in [1.807, 2.05) is 18.2 Å². The summed E-state index contributed by atoms with van der Waals surface area (Å²) in [5, 5.41) is 3.49. The zero-order valence-corrected chi connectivity index (χ0v) is 9.86. The molecule has 1 N–H and O–H groups in total. The fraction of sp³-hybridized carbons (Fsp3) is 0.333. The summed E-state index contributed by atoms with van der Waals surface area (Å²) in [6.45, 7) is 8.50. The summed E-state index contributed by atoms with van der Waals surface area (Å²) < 4.78 is 0. The number of rotatable bonds is 8. The Labute approximate surface area is 98.9 Å². The monoisotopic (exact) mass is 215 g/mol. The lowest BCUT2D eigenvalue weighted by molar-refractivity contribution is 0.540. The molecule has 0 saturated carbocycles. The first-order valence-corrected chi connectivity index (χ1v) is 5.87. The molecule has 0 heterocycles. The molecule has 1 rings (SSSR count). The van der Waals surface area contributed by atoms with Crippen molar-refractivity contribution in [2.75, 3.05) is 0 Å². The molecular weight excluding hydrogens is 194 g/mol. The third-order valence-corrected chi connectivity index (χ3v) is 2.62. The van der Waals surface area contributed by atoms with Crippen LogP contribution in [0.4, 0.5) is 0 Å². The van der Waals surface area contributed by atoms with Crippen LogP contribution >= 0.6 is 0 Å². The Bertz CT molecular complexity index is 302. The highest BCUT2D eigenvalue weighted by atomic mass is 14.9. The van der Waals surface area contributed by atoms with E-state index in [1.54, 1.807) is 0 Å². The molecule has 0 amide bonds. The maximum Gasteiger partial charge on any atom is 0.0250 e. The smallest absolute Gasteiger partial charge is 0.0250 e. The molecule has 0 radical (unpaired) electrons. The van der Waals surface area contributed by atoms with E-state index in [2.05, 4.69) is 42.7 Å². The summed E-state index contributed by atoms with van der Waals surface area (Å²) in [5.41, 5.74) is 1.32. The van der Waals surface area contributed by atoms with Gasteiger partial charge < -0.3 is 5.32 Å². The molecule has 1 heteroatoms. The Morgan fingerprint density at radius 3 is 2.56 bits per heavy atom. The minimum atomic E-state index is 0.403. The maximum absolute atomic E-state index is 3.86. The average Bonchev–Trinajstić information content (AvgIpc) is 2.35. The average molecular weight is 215 g/mol. The Hall–Kier alpha value is -1.34. The van der Waals surface area contributed by atoms with E-state index in [0.717, 1.165) is 19.4 Å². The summed E-state index contributed by atoms with van der Waals surface area (Å²) in [5.74, 6) is 0. The van der Waals surface area contributed by atoms with Crippen molar-refractivity contribution in [3.63, 3.8) is 0 Å². The standard InChI is InChI=1S/C15H21N/c1-3-5-7-12-15(4-2)16-13-14-10-8-6-9-11-14/h3-4,6,8-11,15-16H,1-2,5,7,12-13H2/t15-/m0/s1. The lowest BCUT2D eigenvalue weighted by Crippen LogP contribution is -2.26. The second-order valence-electron chi connectivity index (χ2n) is 3.93. The zero-order chi connectivity index (χ0) is 11.6. The number of hydrogen-bond acceptors (Lipinski definition) is 1. The van der Waals surface area contributed by atoms with E-state index < -0.39 is 0 Å². The molecule has 0 saturated heterocycles. The van der Waals surface area contributed by atoms with Crippen molar-refractivity contribution < 1.29 is 0 Å². The zero-order valence-electron chi connectivity index (χ0n) is 9.86. The Morgan fingerprint density at radius 1 is 1.19 bits per heavy atom. The first-order chi connectivity index (χ1) is 7.86. The van der Waals surface area contributed by atoms with E-state index in [4.69, 9.17) is 0 Å². The summed E-state index contributed by atoms with van der Waals surface area (Å²) >= 11 is 0. The van der Waals surface area contributed by atoms with Crippen molar-refractivity contribution in [2.45, 2.75) is 31.8 Å². The molecule has 0 fully saturated rings. The van der Waals surface area contributed by atoms with Gasteiger partial charge in [-0.05, 0) is 24.8 Å². The van der Waals surface area contributed by atoms with Gasteiger partial charge in [0.05, 0.1) is 0 Å². The number of allylic oxidation sites excluding steroid dienone is 1. The van der Waals surface area contributed by atoms with Crippen LogP contribution in [0.15, 0.2) is 55.6 Å². The van der Waals surface area contributed by atoms with Gasteiger partial charge in [-0.15, -0.1) is 13.2 Å². The van der Waals surface area contributed by atoms with Gasteiger partial charge in [0.15, 0.2) is 0 Å². The largest absolute Gasteiger partial charge is 0.306 e. The van der Waals surface area contributed by atoms with Crippen molar-refractivity contribution in [1.82, 2.24) is 5.32 Å². The SMILES string of the molecule is C=CCCC[C@H](C=C)NCc1ccccc1. The highest BCUT2D eigenvalue weighted by Gasteiger charge is 2.02. The normalized spacial score (nSPS) is 12.0. The van der Waals surface area contributed by atoms with Gasteiger partial charge >= 0.3 is 0 Å². The van der Waals surface area contributed by atoms with E-state index in [9.17, 15) is 0 Å². The van der Waals surface area contributed by atoms with Crippen LogP contribution in [0.3, 0.4) is 0 Å². The number of benzene rings is 1. The molecule has 1 aromatic rings. The van der Waals surface area contributed by atoms with Crippen LogP contribution in [-0.2, 0) is 6.54 Å². The van der Waals surface area contributed by atoms with Crippen LogP contribution in [0.5, 0.6) is 0 Å². The summed E-state index contributed by atoms with van der Waals surface area (Å²) in [6, 6.07) is 10.8. The lowest BCUT2D eigenvalue weighted by atomic mass is 10.1. The molecule has 0 bridgehead atoms. The molecule has 0 aliphatic heterocycles. The van der Waals surface area contributed by atoms with Gasteiger partial charge in [-0.1, -0.05) is 42.5 Å². The molecule has 0 unspecified atom stereocenters. The second kappa shape index (κ2) is 7.89. The van der Waals surface area contributed by atoms with Crippen LogP contribution in [0.2, 0.25) is 0 Å². The van der Waals surface area contributed by atoms with Gasteiger partial charge in [0, 0.05) is 12.6 Å². The maximum atomic E-state index is 3.86. The molecule has 16 heavy (non-hydrogen) atoms. The van der Waals surface area contributed by atoms with Crippen LogP contribution in [0, 0.1) is 0 Å². The van der Waals surface area contributed by atoms with Crippen molar-refractivity contribution >= 4 is 0 Å². The van der Waals surface area contributed by atoms with Gasteiger partial charge in [-0.3, -0.25) is 0 Å². The van der Waals surface area contributed by atoms with Crippen molar-refractivity contribution in [3.05, 3.63) is 61.2 Å². The van der Waals surface area contributed by atoms with Gasteiger partial charge in [-0.2, -0.15) is 0 Å². The predicted molar refractivity (Wildman–Crippen MR) is 71.3 cm³/mol. The van der Waals surface area contributed by atoms with Gasteiger partial charge in [-0.25, -0.2) is 0 Å². The predicted octanol–water partition coefficient (Wildman–Crippen LogP) is 3.69. The van der Waals surface area contributed by atoms with Gasteiger partial charge in [0.25, 0.3) is 0 Å². The molecule has 0 aliphatic carbocycles. The van der Waals surface area contributed by atoms with Crippen LogP contribution in [0.25, 0.3) is 0 Å². The van der Waals surface area contributed by atoms with Gasteiger partial charge in [0.1, 0.15) is 0 Å². The van der Waals surface area contributed by atoms with Crippen molar-refractivity contribution in [2.24, 2.45) is 0 Å². The second-order valence-corrected chi connectivity index (χ2v) is 3.93. The van der Waals surface area contributed by atoms with E-state index in [1.165, 1.54) is 12.0 Å². The van der Waals surface area contributed by atoms with E-state index >= 15 is 0 Å². The number of hydrogen-bond donors (Lipinski definition) is 1. The summed E-state index contributed by atoms with van der Waals surface area (Å²) in [7, 11) is 0. The summed E-state index contributed by atoms with van der Waals surface area (Å²) in [4.78, 5) is 0. The molecule has 1 aromatic carbocycles. The molecule has 86 valence electrons. The first kappa shape index (κ1) is 12.7. The molecule has 0 aromatic heterocycles. The minimum Gasteiger partial charge on any atom is -0.306 e. The van der Waals surface area contributed by atoms with Gasteiger partial charge in [0.2, 0.25) is 0 Å². The lowest BCUT2D eigenvalue weighted by Gasteiger charge is -2.14.